The maximum atomic E-state index is 12.4. The quantitative estimate of drug-likeness (QED) is 0.594. The molecule has 0 saturated carbocycles. The van der Waals surface area contributed by atoms with Crippen molar-refractivity contribution in [1.29, 1.82) is 0 Å². The number of aromatic amines is 1. The van der Waals surface area contributed by atoms with Crippen LogP contribution in [0.15, 0.2) is 53.6 Å². The number of fused-ring (bicyclic) bond motifs is 1. The zero-order valence-electron chi connectivity index (χ0n) is 17.5. The maximum absolute atomic E-state index is 12.4. The second kappa shape index (κ2) is 7.70. The summed E-state index contributed by atoms with van der Waals surface area (Å²) in [4.78, 5) is 19.3. The number of nitrogens with one attached hydrogen (secondary N) is 2. The lowest BCUT2D eigenvalue weighted by Crippen LogP contribution is -2.18. The number of aromatic nitrogens is 2. The van der Waals surface area contributed by atoms with Gasteiger partial charge in [0.25, 0.3) is 5.56 Å². The highest BCUT2D eigenvalue weighted by atomic mass is 32.2. The standard InChI is InChI=1S/C23H23N3O4S/c1-23(2)14-30-21-18(20-22(27)25-11-10-24-20)12-16(13-19(21)23)5-4-15-6-8-17(9-7-15)26-31(3,28)29/h4-13,26H,14H2,1-3H3,(H,25,27)/b5-4+. The van der Waals surface area contributed by atoms with Gasteiger partial charge in [-0.1, -0.05) is 38.1 Å². The molecule has 0 amide bonds. The second-order valence-electron chi connectivity index (χ2n) is 8.21. The van der Waals surface area contributed by atoms with E-state index in [-0.39, 0.29) is 11.0 Å². The van der Waals surface area contributed by atoms with E-state index in [0.29, 0.717) is 29.3 Å². The van der Waals surface area contributed by atoms with Crippen LogP contribution in [-0.2, 0) is 15.4 Å². The largest absolute Gasteiger partial charge is 0.492 e. The Morgan fingerprint density at radius 2 is 1.84 bits per heavy atom. The minimum atomic E-state index is -3.31. The lowest BCUT2D eigenvalue weighted by atomic mass is 9.84. The van der Waals surface area contributed by atoms with Gasteiger partial charge in [-0.05, 0) is 35.4 Å². The van der Waals surface area contributed by atoms with Crippen LogP contribution in [0.4, 0.5) is 5.69 Å². The Labute approximate surface area is 180 Å². The summed E-state index contributed by atoms with van der Waals surface area (Å²) in [6.07, 6.45) is 8.06. The Morgan fingerprint density at radius 1 is 1.13 bits per heavy atom. The number of H-pyrrole nitrogens is 1. The lowest BCUT2D eigenvalue weighted by molar-refractivity contribution is 0.291. The van der Waals surface area contributed by atoms with Crippen LogP contribution in [0.1, 0.15) is 30.5 Å². The number of ether oxygens (including phenoxy) is 1. The Balaban J connectivity index is 1.72. The normalized spacial score (nSPS) is 14.9. The van der Waals surface area contributed by atoms with Gasteiger partial charge in [-0.3, -0.25) is 9.52 Å². The topological polar surface area (TPSA) is 101 Å². The van der Waals surface area contributed by atoms with Crippen LogP contribution in [-0.4, -0.2) is 31.2 Å². The van der Waals surface area contributed by atoms with Crippen molar-refractivity contribution in [3.63, 3.8) is 0 Å². The van der Waals surface area contributed by atoms with Gasteiger partial charge in [0.05, 0.1) is 12.9 Å². The molecule has 0 radical (unpaired) electrons. The monoisotopic (exact) mass is 437 g/mol. The zero-order chi connectivity index (χ0) is 22.2. The molecule has 4 rings (SSSR count). The Morgan fingerprint density at radius 3 is 2.52 bits per heavy atom. The van der Waals surface area contributed by atoms with Crippen molar-refractivity contribution in [2.24, 2.45) is 0 Å². The number of sulfonamides is 1. The predicted molar refractivity (Wildman–Crippen MR) is 123 cm³/mol. The summed E-state index contributed by atoms with van der Waals surface area (Å²) in [5.74, 6) is 0.697. The van der Waals surface area contributed by atoms with Gasteiger partial charge in [-0.25, -0.2) is 13.4 Å². The van der Waals surface area contributed by atoms with Crippen LogP contribution in [0.2, 0.25) is 0 Å². The summed E-state index contributed by atoms with van der Waals surface area (Å²) < 4.78 is 31.1. The molecule has 160 valence electrons. The molecule has 8 heteroatoms. The number of nitrogens with zero attached hydrogens (tertiary/aromatic N) is 1. The number of benzene rings is 2. The smallest absolute Gasteiger partial charge is 0.274 e. The second-order valence-corrected chi connectivity index (χ2v) is 9.96. The molecule has 0 atom stereocenters. The predicted octanol–water partition coefficient (Wildman–Crippen LogP) is 3.65. The molecular formula is C23H23N3O4S. The van der Waals surface area contributed by atoms with Crippen LogP contribution in [0, 0.1) is 0 Å². The van der Waals surface area contributed by atoms with Crippen molar-refractivity contribution in [3.8, 4) is 17.0 Å². The maximum Gasteiger partial charge on any atom is 0.274 e. The fourth-order valence-corrected chi connectivity index (χ4v) is 4.09. The third kappa shape index (κ3) is 4.54. The van der Waals surface area contributed by atoms with Gasteiger partial charge in [0.2, 0.25) is 10.0 Å². The summed E-state index contributed by atoms with van der Waals surface area (Å²) in [7, 11) is -3.31. The van der Waals surface area contributed by atoms with Crippen LogP contribution in [0.25, 0.3) is 23.4 Å². The molecule has 1 aliphatic heterocycles. The van der Waals surface area contributed by atoms with Gasteiger partial charge in [0, 0.05) is 34.6 Å². The van der Waals surface area contributed by atoms with Crippen LogP contribution >= 0.6 is 0 Å². The molecule has 2 N–H and O–H groups in total. The zero-order valence-corrected chi connectivity index (χ0v) is 18.3. The molecule has 0 fully saturated rings. The number of rotatable bonds is 5. The number of hydrogen-bond donors (Lipinski definition) is 2. The molecule has 2 aromatic carbocycles. The fraction of sp³-hybridized carbons (Fsp3) is 0.217. The third-order valence-electron chi connectivity index (χ3n) is 5.06. The Kier molecular flexibility index (Phi) is 5.18. The van der Waals surface area contributed by atoms with E-state index in [4.69, 9.17) is 4.74 Å². The molecule has 0 saturated heterocycles. The molecule has 7 nitrogen and oxygen atoms in total. The van der Waals surface area contributed by atoms with Gasteiger partial charge in [0.15, 0.2) is 0 Å². The van der Waals surface area contributed by atoms with Gasteiger partial charge < -0.3 is 9.72 Å². The SMILES string of the molecule is CC1(C)COc2c(-c3ncc[nH]c3=O)cc(/C=C/c3ccc(NS(C)(=O)=O)cc3)cc21. The van der Waals surface area contributed by atoms with Crippen molar-refractivity contribution in [3.05, 3.63) is 75.8 Å². The van der Waals surface area contributed by atoms with Gasteiger partial charge in [-0.15, -0.1) is 0 Å². The Hall–Kier alpha value is -3.39. The van der Waals surface area contributed by atoms with E-state index in [1.165, 1.54) is 6.20 Å². The molecular weight excluding hydrogens is 414 g/mol. The number of anilines is 1. The van der Waals surface area contributed by atoms with E-state index in [0.717, 1.165) is 22.9 Å². The van der Waals surface area contributed by atoms with Gasteiger partial charge in [0.1, 0.15) is 11.4 Å². The van der Waals surface area contributed by atoms with Crippen LogP contribution < -0.4 is 15.0 Å². The van der Waals surface area contributed by atoms with E-state index in [1.54, 1.807) is 18.3 Å². The first-order valence-electron chi connectivity index (χ1n) is 9.74. The molecule has 3 aromatic rings. The van der Waals surface area contributed by atoms with E-state index in [2.05, 4.69) is 34.6 Å². The summed E-state index contributed by atoms with van der Waals surface area (Å²) in [5.41, 5.74) is 3.89. The van der Waals surface area contributed by atoms with Gasteiger partial charge in [-0.2, -0.15) is 0 Å². The average molecular weight is 438 g/mol. The third-order valence-corrected chi connectivity index (χ3v) is 5.67. The van der Waals surface area contributed by atoms with E-state index >= 15 is 0 Å². The highest BCUT2D eigenvalue weighted by Gasteiger charge is 2.34. The first-order valence-corrected chi connectivity index (χ1v) is 11.6. The molecule has 0 bridgehead atoms. The molecule has 1 aromatic heterocycles. The summed E-state index contributed by atoms with van der Waals surface area (Å²) in [5, 5.41) is 0. The van der Waals surface area contributed by atoms with Crippen molar-refractivity contribution >= 4 is 27.9 Å². The van der Waals surface area contributed by atoms with Crippen LogP contribution in [0.3, 0.4) is 0 Å². The van der Waals surface area contributed by atoms with E-state index in [1.807, 2.05) is 30.4 Å². The molecule has 31 heavy (non-hydrogen) atoms. The molecule has 2 heterocycles. The van der Waals surface area contributed by atoms with Crippen molar-refractivity contribution < 1.29 is 13.2 Å². The Bertz CT molecular complexity index is 1320. The molecule has 0 spiro atoms. The summed E-state index contributed by atoms with van der Waals surface area (Å²) in [6.45, 7) is 4.74. The fourth-order valence-electron chi connectivity index (χ4n) is 3.52. The van der Waals surface area contributed by atoms with Crippen LogP contribution in [0.5, 0.6) is 5.75 Å². The highest BCUT2D eigenvalue weighted by molar-refractivity contribution is 7.92. The first-order chi connectivity index (χ1) is 14.6. The molecule has 0 unspecified atom stereocenters. The first kappa shape index (κ1) is 20.9. The summed E-state index contributed by atoms with van der Waals surface area (Å²) >= 11 is 0. The van der Waals surface area contributed by atoms with Gasteiger partial charge >= 0.3 is 0 Å². The van der Waals surface area contributed by atoms with E-state index < -0.39 is 10.0 Å². The molecule has 0 aliphatic carbocycles. The van der Waals surface area contributed by atoms with E-state index in [9.17, 15) is 13.2 Å². The highest BCUT2D eigenvalue weighted by Crippen LogP contribution is 2.44. The van der Waals surface area contributed by atoms with Crippen molar-refractivity contribution in [1.82, 2.24) is 9.97 Å². The lowest BCUT2D eigenvalue weighted by Gasteiger charge is -2.16. The minimum absolute atomic E-state index is 0.186. The van der Waals surface area contributed by atoms with Crippen molar-refractivity contribution in [2.75, 3.05) is 17.6 Å². The molecule has 1 aliphatic rings. The number of hydrogen-bond acceptors (Lipinski definition) is 5. The average Bonchev–Trinajstić information content (AvgIpc) is 3.01. The minimum Gasteiger partial charge on any atom is -0.492 e. The van der Waals surface area contributed by atoms with Crippen molar-refractivity contribution in [2.45, 2.75) is 19.3 Å². The summed E-state index contributed by atoms with van der Waals surface area (Å²) in [6, 6.07) is 11.0.